The van der Waals surface area contributed by atoms with Crippen LogP contribution >= 0.6 is 0 Å². The summed E-state index contributed by atoms with van der Waals surface area (Å²) in [5.74, 6) is 0.654. The van der Waals surface area contributed by atoms with Gasteiger partial charge >= 0.3 is 0 Å². The monoisotopic (exact) mass is 200 g/mol. The summed E-state index contributed by atoms with van der Waals surface area (Å²) in [6.07, 6.45) is 3.60. The average Bonchev–Trinajstić information content (AvgIpc) is 2.30. The van der Waals surface area contributed by atoms with Gasteiger partial charge in [-0.1, -0.05) is 12.2 Å². The van der Waals surface area contributed by atoms with Crippen LogP contribution in [0, 0.1) is 11.3 Å². The minimum absolute atomic E-state index is 0.421. The van der Waals surface area contributed by atoms with Crippen molar-refractivity contribution >= 4 is 5.95 Å². The summed E-state index contributed by atoms with van der Waals surface area (Å²) in [7, 11) is 0. The molecule has 4 heteroatoms. The maximum absolute atomic E-state index is 8.73. The predicted octanol–water partition coefficient (Wildman–Crippen LogP) is 1.50. The molecule has 4 nitrogen and oxygen atoms in total. The lowest BCUT2D eigenvalue weighted by Crippen LogP contribution is -2.31. The van der Waals surface area contributed by atoms with Gasteiger partial charge in [0, 0.05) is 19.3 Å². The van der Waals surface area contributed by atoms with Crippen LogP contribution in [0.3, 0.4) is 0 Å². The summed E-state index contributed by atoms with van der Waals surface area (Å²) in [5, 5.41) is 8.73. The standard InChI is InChI=1S/C11H12N4/c1-9-3-6-15(7-4-9)11-13-5-2-10(8-12)14-11/h2,5H,1,3-4,6-7H2. The molecule has 1 aromatic rings. The van der Waals surface area contributed by atoms with Gasteiger partial charge < -0.3 is 4.90 Å². The Kier molecular flexibility index (Phi) is 2.64. The highest BCUT2D eigenvalue weighted by Crippen LogP contribution is 2.18. The molecule has 0 amide bonds. The number of nitrogens with zero attached hydrogens (tertiary/aromatic N) is 4. The molecule has 0 unspecified atom stereocenters. The molecule has 0 aliphatic carbocycles. The summed E-state index contributed by atoms with van der Waals surface area (Å²) in [6.45, 7) is 5.75. The summed E-state index contributed by atoms with van der Waals surface area (Å²) in [6, 6.07) is 3.64. The van der Waals surface area contributed by atoms with E-state index in [0.29, 0.717) is 11.6 Å². The van der Waals surface area contributed by atoms with Crippen molar-refractivity contribution in [3.8, 4) is 6.07 Å². The summed E-state index contributed by atoms with van der Waals surface area (Å²) in [5.41, 5.74) is 1.70. The second kappa shape index (κ2) is 4.09. The van der Waals surface area contributed by atoms with Gasteiger partial charge in [0.2, 0.25) is 5.95 Å². The van der Waals surface area contributed by atoms with Crippen molar-refractivity contribution in [2.75, 3.05) is 18.0 Å². The maximum atomic E-state index is 8.73. The molecule has 2 rings (SSSR count). The average molecular weight is 200 g/mol. The molecule has 0 saturated carbocycles. The third-order valence-electron chi connectivity index (χ3n) is 2.51. The molecule has 1 aromatic heterocycles. The van der Waals surface area contributed by atoms with E-state index in [2.05, 4.69) is 21.4 Å². The fourth-order valence-electron chi connectivity index (χ4n) is 1.59. The Morgan fingerprint density at radius 1 is 1.40 bits per heavy atom. The van der Waals surface area contributed by atoms with Crippen molar-refractivity contribution in [3.63, 3.8) is 0 Å². The second-order valence-electron chi connectivity index (χ2n) is 3.59. The fourth-order valence-corrected chi connectivity index (χ4v) is 1.59. The summed E-state index contributed by atoms with van der Waals surface area (Å²) >= 11 is 0. The molecule has 0 atom stereocenters. The predicted molar refractivity (Wildman–Crippen MR) is 57.3 cm³/mol. The van der Waals surface area contributed by atoms with E-state index in [1.165, 1.54) is 5.57 Å². The minimum Gasteiger partial charge on any atom is -0.340 e. The molecule has 0 aromatic carbocycles. The van der Waals surface area contributed by atoms with Crippen LogP contribution in [0.2, 0.25) is 0 Å². The molecule has 76 valence electrons. The Bertz CT molecular complexity index is 409. The molecule has 2 heterocycles. The van der Waals surface area contributed by atoms with Crippen molar-refractivity contribution in [1.82, 2.24) is 9.97 Å². The van der Waals surface area contributed by atoms with Gasteiger partial charge in [-0.2, -0.15) is 5.26 Å². The maximum Gasteiger partial charge on any atom is 0.226 e. The van der Waals surface area contributed by atoms with Crippen molar-refractivity contribution in [1.29, 1.82) is 5.26 Å². The molecule has 15 heavy (non-hydrogen) atoms. The number of rotatable bonds is 1. The zero-order valence-corrected chi connectivity index (χ0v) is 8.48. The quantitative estimate of drug-likeness (QED) is 0.645. The van der Waals surface area contributed by atoms with Gasteiger partial charge in [0.05, 0.1) is 0 Å². The highest BCUT2D eigenvalue weighted by molar-refractivity contribution is 5.35. The number of nitriles is 1. The smallest absolute Gasteiger partial charge is 0.226 e. The van der Waals surface area contributed by atoms with Crippen molar-refractivity contribution in [2.24, 2.45) is 0 Å². The van der Waals surface area contributed by atoms with Gasteiger partial charge in [-0.15, -0.1) is 0 Å². The topological polar surface area (TPSA) is 52.8 Å². The first-order valence-electron chi connectivity index (χ1n) is 4.94. The van der Waals surface area contributed by atoms with Crippen LogP contribution in [-0.2, 0) is 0 Å². The zero-order valence-electron chi connectivity index (χ0n) is 8.48. The third kappa shape index (κ3) is 2.13. The van der Waals surface area contributed by atoms with E-state index in [-0.39, 0.29) is 0 Å². The van der Waals surface area contributed by atoms with E-state index >= 15 is 0 Å². The van der Waals surface area contributed by atoms with Crippen LogP contribution in [0.5, 0.6) is 0 Å². The Morgan fingerprint density at radius 3 is 2.80 bits per heavy atom. The third-order valence-corrected chi connectivity index (χ3v) is 2.51. The molecule has 0 bridgehead atoms. The first-order valence-corrected chi connectivity index (χ1v) is 4.94. The Labute approximate surface area is 88.9 Å². The molecule has 1 aliphatic rings. The summed E-state index contributed by atoms with van der Waals surface area (Å²) in [4.78, 5) is 10.4. The fraction of sp³-hybridized carbons (Fsp3) is 0.364. The van der Waals surface area contributed by atoms with Gasteiger partial charge in [0.15, 0.2) is 0 Å². The molecular formula is C11H12N4. The first kappa shape index (κ1) is 9.66. The van der Waals surface area contributed by atoms with Gasteiger partial charge in [0.25, 0.3) is 0 Å². The largest absolute Gasteiger partial charge is 0.340 e. The number of hydrogen-bond acceptors (Lipinski definition) is 4. The van der Waals surface area contributed by atoms with Gasteiger partial charge in [-0.25, -0.2) is 9.97 Å². The van der Waals surface area contributed by atoms with E-state index in [1.54, 1.807) is 12.3 Å². The molecule has 0 N–H and O–H groups in total. The van der Waals surface area contributed by atoms with Crippen LogP contribution < -0.4 is 4.90 Å². The Balaban J connectivity index is 2.16. The number of piperidine rings is 1. The Morgan fingerprint density at radius 2 is 2.13 bits per heavy atom. The van der Waals surface area contributed by atoms with Crippen LogP contribution in [0.4, 0.5) is 5.95 Å². The molecule has 1 fully saturated rings. The highest BCUT2D eigenvalue weighted by atomic mass is 15.2. The molecule has 1 aliphatic heterocycles. The normalized spacial score (nSPS) is 16.2. The molecule has 0 spiro atoms. The molecule has 1 saturated heterocycles. The molecule has 0 radical (unpaired) electrons. The molecular weight excluding hydrogens is 188 g/mol. The van der Waals surface area contributed by atoms with Gasteiger partial charge in [-0.3, -0.25) is 0 Å². The van der Waals surface area contributed by atoms with Crippen molar-refractivity contribution in [2.45, 2.75) is 12.8 Å². The number of anilines is 1. The van der Waals surface area contributed by atoms with Crippen LogP contribution in [0.1, 0.15) is 18.5 Å². The van der Waals surface area contributed by atoms with Gasteiger partial charge in [-0.05, 0) is 18.9 Å². The van der Waals surface area contributed by atoms with Crippen LogP contribution in [0.15, 0.2) is 24.4 Å². The SMILES string of the molecule is C=C1CCN(c2nccc(C#N)n2)CC1. The van der Waals surface area contributed by atoms with E-state index in [4.69, 9.17) is 5.26 Å². The highest BCUT2D eigenvalue weighted by Gasteiger charge is 2.15. The van der Waals surface area contributed by atoms with E-state index in [0.717, 1.165) is 25.9 Å². The minimum atomic E-state index is 0.421. The van der Waals surface area contributed by atoms with E-state index in [1.807, 2.05) is 6.07 Å². The van der Waals surface area contributed by atoms with Crippen LogP contribution in [-0.4, -0.2) is 23.1 Å². The van der Waals surface area contributed by atoms with Crippen molar-refractivity contribution < 1.29 is 0 Å². The second-order valence-corrected chi connectivity index (χ2v) is 3.59. The summed E-state index contributed by atoms with van der Waals surface area (Å²) < 4.78 is 0. The first-order chi connectivity index (χ1) is 7.29. The Hall–Kier alpha value is -1.89. The van der Waals surface area contributed by atoms with Gasteiger partial charge in [0.1, 0.15) is 11.8 Å². The van der Waals surface area contributed by atoms with Crippen LogP contribution in [0.25, 0.3) is 0 Å². The lowest BCUT2D eigenvalue weighted by molar-refractivity contribution is 0.669. The lowest BCUT2D eigenvalue weighted by atomic mass is 10.1. The van der Waals surface area contributed by atoms with E-state index in [9.17, 15) is 0 Å². The zero-order chi connectivity index (χ0) is 10.7. The van der Waals surface area contributed by atoms with E-state index < -0.39 is 0 Å². The lowest BCUT2D eigenvalue weighted by Gasteiger charge is -2.27. The number of aromatic nitrogens is 2. The number of hydrogen-bond donors (Lipinski definition) is 0. The van der Waals surface area contributed by atoms with Crippen molar-refractivity contribution in [3.05, 3.63) is 30.1 Å².